The zero-order chi connectivity index (χ0) is 14.8. The van der Waals surface area contributed by atoms with Crippen molar-refractivity contribution in [2.75, 3.05) is 0 Å². The minimum absolute atomic E-state index is 0.221. The lowest BCUT2D eigenvalue weighted by Gasteiger charge is -2.06. The average molecular weight is 301 g/mol. The van der Waals surface area contributed by atoms with Crippen molar-refractivity contribution in [3.05, 3.63) is 64.9 Å². The molecule has 0 saturated carbocycles. The van der Waals surface area contributed by atoms with Gasteiger partial charge in [-0.3, -0.25) is 0 Å². The van der Waals surface area contributed by atoms with E-state index in [1.807, 2.05) is 43.3 Å². The molecule has 0 aliphatic carbocycles. The van der Waals surface area contributed by atoms with Crippen LogP contribution in [-0.2, 0) is 11.3 Å². The third-order valence-electron chi connectivity index (χ3n) is 3.21. The van der Waals surface area contributed by atoms with Gasteiger partial charge in [-0.2, -0.15) is 0 Å². The molecular formula is C16H13ClN2O2. The van der Waals surface area contributed by atoms with E-state index in [9.17, 15) is 4.79 Å². The molecule has 0 fully saturated rings. The number of nitrogens with zero attached hydrogens (tertiary/aromatic N) is 2. The molecule has 2 aromatic carbocycles. The van der Waals surface area contributed by atoms with Gasteiger partial charge < -0.3 is 4.74 Å². The Balaban J connectivity index is 1.85. The first-order valence-corrected chi connectivity index (χ1v) is 6.87. The van der Waals surface area contributed by atoms with Crippen LogP contribution in [0.25, 0.3) is 11.0 Å². The van der Waals surface area contributed by atoms with Gasteiger partial charge in [-0.05, 0) is 30.2 Å². The molecule has 0 bridgehead atoms. The predicted octanol–water partition coefficient (Wildman–Crippen LogP) is 4.18. The normalized spacial score (nSPS) is 10.8. The molecule has 0 unspecified atom stereocenters. The fraction of sp³-hybridized carbons (Fsp3) is 0.125. The number of carbonyl (C=O) groups excluding carboxylic acids is 1. The van der Waals surface area contributed by atoms with Crippen LogP contribution in [0.4, 0.5) is 4.79 Å². The van der Waals surface area contributed by atoms with Crippen LogP contribution in [0.1, 0.15) is 11.1 Å². The lowest BCUT2D eigenvalue weighted by molar-refractivity contribution is 0.142. The molecule has 0 aliphatic heterocycles. The fourth-order valence-electron chi connectivity index (χ4n) is 2.18. The van der Waals surface area contributed by atoms with E-state index < -0.39 is 6.09 Å². The Morgan fingerprint density at radius 2 is 2.05 bits per heavy atom. The van der Waals surface area contributed by atoms with Gasteiger partial charge in [-0.15, -0.1) is 0 Å². The third-order valence-corrected chi connectivity index (χ3v) is 3.43. The molecule has 0 saturated heterocycles. The summed E-state index contributed by atoms with van der Waals surface area (Å²) in [6, 6.07) is 13.1. The van der Waals surface area contributed by atoms with Crippen LogP contribution < -0.4 is 0 Å². The van der Waals surface area contributed by atoms with Crippen molar-refractivity contribution in [3.8, 4) is 0 Å². The van der Waals surface area contributed by atoms with E-state index in [0.717, 1.165) is 16.6 Å². The van der Waals surface area contributed by atoms with Crippen LogP contribution in [0.15, 0.2) is 48.8 Å². The molecule has 0 atom stereocenters. The summed E-state index contributed by atoms with van der Waals surface area (Å²) < 4.78 is 6.67. The van der Waals surface area contributed by atoms with Gasteiger partial charge in [0.25, 0.3) is 0 Å². The monoisotopic (exact) mass is 300 g/mol. The summed E-state index contributed by atoms with van der Waals surface area (Å²) in [5.74, 6) is 0. The van der Waals surface area contributed by atoms with Crippen molar-refractivity contribution in [2.24, 2.45) is 0 Å². The minimum atomic E-state index is -0.469. The van der Waals surface area contributed by atoms with Crippen molar-refractivity contribution >= 4 is 28.7 Å². The van der Waals surface area contributed by atoms with Gasteiger partial charge in [-0.1, -0.05) is 41.9 Å². The van der Waals surface area contributed by atoms with Crippen LogP contribution in [0, 0.1) is 6.92 Å². The lowest BCUT2D eigenvalue weighted by Crippen LogP contribution is -2.12. The lowest BCUT2D eigenvalue weighted by atomic mass is 10.2. The largest absolute Gasteiger partial charge is 0.444 e. The van der Waals surface area contributed by atoms with Crippen LogP contribution in [-0.4, -0.2) is 15.6 Å². The standard InChI is InChI=1S/C16H13ClN2O2/c1-11-7-13(17)8-14-15(11)18-10-19(14)16(20)21-9-12-5-3-2-4-6-12/h2-8,10H,9H2,1H3. The van der Waals surface area contributed by atoms with Crippen LogP contribution >= 0.6 is 11.6 Å². The molecule has 0 aliphatic rings. The molecule has 0 N–H and O–H groups in total. The number of fused-ring (bicyclic) bond motifs is 1. The highest BCUT2D eigenvalue weighted by molar-refractivity contribution is 6.31. The number of ether oxygens (including phenoxy) is 1. The molecular weight excluding hydrogens is 288 g/mol. The van der Waals surface area contributed by atoms with Gasteiger partial charge in [0.2, 0.25) is 0 Å². The molecule has 3 aromatic rings. The summed E-state index contributed by atoms with van der Waals surface area (Å²) in [7, 11) is 0. The van der Waals surface area contributed by atoms with E-state index in [4.69, 9.17) is 16.3 Å². The van der Waals surface area contributed by atoms with Crippen LogP contribution in [0.5, 0.6) is 0 Å². The highest BCUT2D eigenvalue weighted by Crippen LogP contribution is 2.22. The first-order chi connectivity index (χ1) is 10.1. The first-order valence-electron chi connectivity index (χ1n) is 6.49. The summed E-state index contributed by atoms with van der Waals surface area (Å²) in [5, 5.41) is 0.567. The molecule has 0 radical (unpaired) electrons. The van der Waals surface area contributed by atoms with E-state index in [1.165, 1.54) is 10.9 Å². The van der Waals surface area contributed by atoms with E-state index in [0.29, 0.717) is 10.5 Å². The van der Waals surface area contributed by atoms with E-state index in [2.05, 4.69) is 4.98 Å². The first kappa shape index (κ1) is 13.6. The summed E-state index contributed by atoms with van der Waals surface area (Å²) in [5.41, 5.74) is 3.26. The van der Waals surface area contributed by atoms with Gasteiger partial charge in [0, 0.05) is 5.02 Å². The smallest absolute Gasteiger partial charge is 0.420 e. The topological polar surface area (TPSA) is 44.1 Å². The maximum absolute atomic E-state index is 12.2. The molecule has 3 rings (SSSR count). The highest BCUT2D eigenvalue weighted by Gasteiger charge is 2.13. The number of hydrogen-bond donors (Lipinski definition) is 0. The Kier molecular flexibility index (Phi) is 3.62. The second-order valence-electron chi connectivity index (χ2n) is 4.75. The quantitative estimate of drug-likeness (QED) is 0.713. The van der Waals surface area contributed by atoms with Crippen molar-refractivity contribution in [1.82, 2.24) is 9.55 Å². The van der Waals surface area contributed by atoms with Crippen LogP contribution in [0.3, 0.4) is 0 Å². The fourth-order valence-corrected chi connectivity index (χ4v) is 2.45. The molecule has 106 valence electrons. The molecule has 1 heterocycles. The number of imidazole rings is 1. The van der Waals surface area contributed by atoms with Gasteiger partial charge in [0.05, 0.1) is 11.0 Å². The van der Waals surface area contributed by atoms with E-state index in [1.54, 1.807) is 6.07 Å². The molecule has 5 heteroatoms. The summed E-state index contributed by atoms with van der Waals surface area (Å²) in [6.45, 7) is 2.12. The molecule has 4 nitrogen and oxygen atoms in total. The number of carbonyl (C=O) groups is 1. The summed E-state index contributed by atoms with van der Waals surface area (Å²) in [4.78, 5) is 16.4. The Bertz CT molecular complexity index is 797. The Morgan fingerprint density at radius 1 is 1.29 bits per heavy atom. The predicted molar refractivity (Wildman–Crippen MR) is 81.5 cm³/mol. The van der Waals surface area contributed by atoms with Crippen molar-refractivity contribution < 1.29 is 9.53 Å². The number of hydrogen-bond acceptors (Lipinski definition) is 3. The Morgan fingerprint density at radius 3 is 2.81 bits per heavy atom. The SMILES string of the molecule is Cc1cc(Cl)cc2c1ncn2C(=O)OCc1ccccc1. The maximum Gasteiger partial charge on any atom is 0.420 e. The minimum Gasteiger partial charge on any atom is -0.444 e. The Hall–Kier alpha value is -2.33. The number of aromatic nitrogens is 2. The van der Waals surface area contributed by atoms with Crippen LogP contribution in [0.2, 0.25) is 5.02 Å². The maximum atomic E-state index is 12.2. The average Bonchev–Trinajstić information content (AvgIpc) is 2.90. The number of halogens is 1. The summed E-state index contributed by atoms with van der Waals surface area (Å²) >= 11 is 6.04. The second-order valence-corrected chi connectivity index (χ2v) is 5.18. The number of rotatable bonds is 2. The molecule has 21 heavy (non-hydrogen) atoms. The van der Waals surface area contributed by atoms with Gasteiger partial charge in [0.1, 0.15) is 12.9 Å². The second kappa shape index (κ2) is 5.58. The summed E-state index contributed by atoms with van der Waals surface area (Å²) in [6.07, 6.45) is 0.990. The van der Waals surface area contributed by atoms with E-state index >= 15 is 0 Å². The van der Waals surface area contributed by atoms with Crippen molar-refractivity contribution in [3.63, 3.8) is 0 Å². The molecule has 0 spiro atoms. The van der Waals surface area contributed by atoms with Crippen molar-refractivity contribution in [2.45, 2.75) is 13.5 Å². The molecule has 1 aromatic heterocycles. The zero-order valence-electron chi connectivity index (χ0n) is 11.4. The van der Waals surface area contributed by atoms with Crippen molar-refractivity contribution in [1.29, 1.82) is 0 Å². The van der Waals surface area contributed by atoms with Gasteiger partial charge >= 0.3 is 6.09 Å². The van der Waals surface area contributed by atoms with E-state index in [-0.39, 0.29) is 6.61 Å². The number of benzene rings is 2. The van der Waals surface area contributed by atoms with Gasteiger partial charge in [-0.25, -0.2) is 14.3 Å². The zero-order valence-corrected chi connectivity index (χ0v) is 12.2. The molecule has 0 amide bonds. The third kappa shape index (κ3) is 2.76. The number of aryl methyl sites for hydroxylation is 1. The highest BCUT2D eigenvalue weighted by atomic mass is 35.5. The van der Waals surface area contributed by atoms with Gasteiger partial charge in [0.15, 0.2) is 0 Å². The Labute approximate surface area is 126 Å².